The maximum atomic E-state index is 12.1. The Balaban J connectivity index is 1.52. The van der Waals surface area contributed by atoms with Gasteiger partial charge in [-0.2, -0.15) is 0 Å². The van der Waals surface area contributed by atoms with Gasteiger partial charge in [0.15, 0.2) is 0 Å². The number of thiazole rings is 1. The summed E-state index contributed by atoms with van der Waals surface area (Å²) in [5, 5.41) is 5.66. The molecule has 0 saturated heterocycles. The van der Waals surface area contributed by atoms with Crippen molar-refractivity contribution in [1.82, 2.24) is 4.98 Å². The second-order valence-electron chi connectivity index (χ2n) is 5.93. The lowest BCUT2D eigenvalue weighted by Crippen LogP contribution is -2.14. The van der Waals surface area contributed by atoms with Crippen molar-refractivity contribution in [3.05, 3.63) is 75.7 Å². The molecule has 0 radical (unpaired) electrons. The van der Waals surface area contributed by atoms with E-state index in [1.165, 1.54) is 16.9 Å². The number of benzene rings is 2. The number of nitrogens with one attached hydrogen (secondary N) is 1. The first-order chi connectivity index (χ1) is 12.1. The Labute approximate surface area is 151 Å². The number of rotatable bonds is 6. The van der Waals surface area contributed by atoms with E-state index in [-0.39, 0.29) is 12.3 Å². The summed E-state index contributed by atoms with van der Waals surface area (Å²) in [4.78, 5) is 16.6. The molecular formula is C20H20N2O2S. The Morgan fingerprint density at radius 3 is 2.68 bits per heavy atom. The number of anilines is 1. The molecule has 0 aliphatic heterocycles. The molecule has 1 aromatic heterocycles. The quantitative estimate of drug-likeness (QED) is 0.709. The predicted octanol–water partition coefficient (Wildman–Crippen LogP) is 4.52. The predicted molar refractivity (Wildman–Crippen MR) is 101 cm³/mol. The second kappa shape index (κ2) is 7.94. The Morgan fingerprint density at radius 1 is 1.12 bits per heavy atom. The summed E-state index contributed by atoms with van der Waals surface area (Å²) in [5.41, 5.74) is 3.88. The van der Waals surface area contributed by atoms with Gasteiger partial charge in [-0.3, -0.25) is 4.79 Å². The smallest absolute Gasteiger partial charge is 0.230 e. The van der Waals surface area contributed by atoms with E-state index in [9.17, 15) is 4.79 Å². The normalized spacial score (nSPS) is 10.5. The molecule has 128 valence electrons. The highest BCUT2D eigenvalue weighted by atomic mass is 32.1. The van der Waals surface area contributed by atoms with Crippen LogP contribution in [0.2, 0.25) is 0 Å². The molecule has 0 bridgehead atoms. The molecule has 0 spiro atoms. The van der Waals surface area contributed by atoms with Gasteiger partial charge >= 0.3 is 0 Å². The Bertz CT molecular complexity index is 856. The average molecular weight is 352 g/mol. The number of hydrogen-bond donors (Lipinski definition) is 1. The minimum Gasteiger partial charge on any atom is -0.486 e. The monoisotopic (exact) mass is 352 g/mol. The lowest BCUT2D eigenvalue weighted by atomic mass is 10.2. The lowest BCUT2D eigenvalue weighted by molar-refractivity contribution is -0.115. The van der Waals surface area contributed by atoms with E-state index in [1.54, 1.807) is 0 Å². The van der Waals surface area contributed by atoms with Gasteiger partial charge in [0.25, 0.3) is 0 Å². The lowest BCUT2D eigenvalue weighted by Gasteiger charge is -2.05. The van der Waals surface area contributed by atoms with Crippen LogP contribution in [0.3, 0.4) is 0 Å². The summed E-state index contributed by atoms with van der Waals surface area (Å²) in [6.45, 7) is 4.45. The Morgan fingerprint density at radius 2 is 1.92 bits per heavy atom. The van der Waals surface area contributed by atoms with Crippen LogP contribution < -0.4 is 10.1 Å². The minimum atomic E-state index is -0.0677. The molecule has 2 aromatic carbocycles. The van der Waals surface area contributed by atoms with Gasteiger partial charge in [0, 0.05) is 11.1 Å². The molecule has 0 aliphatic rings. The number of nitrogens with zero attached hydrogens (tertiary/aromatic N) is 1. The third kappa shape index (κ3) is 5.16. The number of carbonyl (C=O) groups excluding carboxylic acids is 1. The fraction of sp³-hybridized carbons (Fsp3) is 0.200. The summed E-state index contributed by atoms with van der Waals surface area (Å²) in [6.07, 6.45) is 0.259. The molecule has 3 rings (SSSR count). The fourth-order valence-corrected chi connectivity index (χ4v) is 3.07. The van der Waals surface area contributed by atoms with E-state index in [0.717, 1.165) is 27.7 Å². The van der Waals surface area contributed by atoms with Crippen molar-refractivity contribution in [3.8, 4) is 5.75 Å². The largest absolute Gasteiger partial charge is 0.486 e. The number of aromatic nitrogens is 1. The van der Waals surface area contributed by atoms with Crippen molar-refractivity contribution in [2.24, 2.45) is 0 Å². The standard InChI is InChI=1S/C20H20N2O2S/c1-14-6-8-18(9-7-14)24-12-20-22-17(13-25-20)11-19(23)21-16-5-3-4-15(2)10-16/h3-10,13H,11-12H2,1-2H3,(H,21,23). The first kappa shape index (κ1) is 17.2. The molecule has 0 atom stereocenters. The van der Waals surface area contributed by atoms with Gasteiger partial charge in [0.05, 0.1) is 12.1 Å². The summed E-state index contributed by atoms with van der Waals surface area (Å²) in [5.74, 6) is 0.751. The number of carbonyl (C=O) groups is 1. The van der Waals surface area contributed by atoms with Crippen LogP contribution in [0, 0.1) is 13.8 Å². The van der Waals surface area contributed by atoms with Crippen molar-refractivity contribution in [2.75, 3.05) is 5.32 Å². The topological polar surface area (TPSA) is 51.2 Å². The Hall–Kier alpha value is -2.66. The summed E-state index contributed by atoms with van der Waals surface area (Å²) >= 11 is 1.51. The molecule has 1 N–H and O–H groups in total. The van der Waals surface area contributed by atoms with Crippen LogP contribution in [0.25, 0.3) is 0 Å². The minimum absolute atomic E-state index is 0.0677. The molecular weight excluding hydrogens is 332 g/mol. The molecule has 0 unspecified atom stereocenters. The zero-order chi connectivity index (χ0) is 17.6. The second-order valence-corrected chi connectivity index (χ2v) is 6.87. The molecule has 0 saturated carbocycles. The summed E-state index contributed by atoms with van der Waals surface area (Å²) < 4.78 is 5.72. The van der Waals surface area contributed by atoms with E-state index < -0.39 is 0 Å². The highest BCUT2D eigenvalue weighted by molar-refractivity contribution is 7.09. The molecule has 0 aliphatic carbocycles. The Kier molecular flexibility index (Phi) is 5.46. The first-order valence-electron chi connectivity index (χ1n) is 8.08. The first-order valence-corrected chi connectivity index (χ1v) is 8.96. The maximum absolute atomic E-state index is 12.1. The van der Waals surface area contributed by atoms with Gasteiger partial charge in [-0.15, -0.1) is 11.3 Å². The van der Waals surface area contributed by atoms with Gasteiger partial charge in [0.1, 0.15) is 17.4 Å². The molecule has 3 aromatic rings. The third-order valence-corrected chi connectivity index (χ3v) is 4.50. The van der Waals surface area contributed by atoms with Gasteiger partial charge in [0.2, 0.25) is 5.91 Å². The van der Waals surface area contributed by atoms with Gasteiger partial charge in [-0.05, 0) is 43.7 Å². The van der Waals surface area contributed by atoms with Crippen LogP contribution in [-0.2, 0) is 17.8 Å². The number of ether oxygens (including phenoxy) is 1. The fourth-order valence-electron chi connectivity index (χ4n) is 2.37. The molecule has 1 heterocycles. The number of amides is 1. The molecule has 5 heteroatoms. The van der Waals surface area contributed by atoms with Crippen molar-refractivity contribution in [3.63, 3.8) is 0 Å². The van der Waals surface area contributed by atoms with E-state index in [4.69, 9.17) is 4.74 Å². The summed E-state index contributed by atoms with van der Waals surface area (Å²) in [6, 6.07) is 15.7. The summed E-state index contributed by atoms with van der Waals surface area (Å²) in [7, 11) is 0. The van der Waals surface area contributed by atoms with Crippen LogP contribution in [-0.4, -0.2) is 10.9 Å². The SMILES string of the molecule is Cc1ccc(OCc2nc(CC(=O)Nc3cccc(C)c3)cs2)cc1. The van der Waals surface area contributed by atoms with Gasteiger partial charge in [-0.1, -0.05) is 29.8 Å². The molecule has 0 fully saturated rings. The van der Waals surface area contributed by atoms with Crippen molar-refractivity contribution >= 4 is 22.9 Å². The van der Waals surface area contributed by atoms with Crippen LogP contribution in [0.5, 0.6) is 5.75 Å². The van der Waals surface area contributed by atoms with Crippen LogP contribution >= 0.6 is 11.3 Å². The van der Waals surface area contributed by atoms with E-state index in [1.807, 2.05) is 67.8 Å². The van der Waals surface area contributed by atoms with Crippen molar-refractivity contribution in [1.29, 1.82) is 0 Å². The third-order valence-electron chi connectivity index (χ3n) is 3.63. The zero-order valence-corrected chi connectivity index (χ0v) is 15.1. The number of hydrogen-bond acceptors (Lipinski definition) is 4. The highest BCUT2D eigenvalue weighted by Gasteiger charge is 2.09. The highest BCUT2D eigenvalue weighted by Crippen LogP contribution is 2.17. The van der Waals surface area contributed by atoms with Crippen LogP contribution in [0.1, 0.15) is 21.8 Å². The molecule has 25 heavy (non-hydrogen) atoms. The molecule has 4 nitrogen and oxygen atoms in total. The maximum Gasteiger partial charge on any atom is 0.230 e. The number of aryl methyl sites for hydroxylation is 2. The van der Waals surface area contributed by atoms with Crippen molar-refractivity contribution < 1.29 is 9.53 Å². The zero-order valence-electron chi connectivity index (χ0n) is 14.3. The molecule has 1 amide bonds. The van der Waals surface area contributed by atoms with Crippen LogP contribution in [0.4, 0.5) is 5.69 Å². The van der Waals surface area contributed by atoms with Crippen molar-refractivity contribution in [2.45, 2.75) is 26.9 Å². The van der Waals surface area contributed by atoms with Gasteiger partial charge < -0.3 is 10.1 Å². The van der Waals surface area contributed by atoms with Gasteiger partial charge in [-0.25, -0.2) is 4.98 Å². The van der Waals surface area contributed by atoms with Crippen LogP contribution in [0.15, 0.2) is 53.9 Å². The average Bonchev–Trinajstić information content (AvgIpc) is 3.01. The van der Waals surface area contributed by atoms with E-state index >= 15 is 0 Å². The van der Waals surface area contributed by atoms with E-state index in [2.05, 4.69) is 10.3 Å². The van der Waals surface area contributed by atoms with E-state index in [0.29, 0.717) is 6.61 Å².